The predicted molar refractivity (Wildman–Crippen MR) is 67.7 cm³/mol. The summed E-state index contributed by atoms with van der Waals surface area (Å²) < 4.78 is 28.3. The molecule has 1 aliphatic heterocycles. The summed E-state index contributed by atoms with van der Waals surface area (Å²) in [5, 5.41) is 0. The molecule has 17 heavy (non-hydrogen) atoms. The van der Waals surface area contributed by atoms with Crippen LogP contribution >= 0.6 is 0 Å². The number of benzene rings is 1. The average molecular weight is 254 g/mol. The van der Waals surface area contributed by atoms with Crippen LogP contribution in [0.1, 0.15) is 31.9 Å². The first-order valence-corrected chi connectivity index (χ1v) is 7.32. The highest BCUT2D eigenvalue weighted by atomic mass is 32.2. The third-order valence-corrected chi connectivity index (χ3v) is 5.00. The highest BCUT2D eigenvalue weighted by Crippen LogP contribution is 2.27. The lowest BCUT2D eigenvalue weighted by molar-refractivity contribution is 0.277. The van der Waals surface area contributed by atoms with Crippen molar-refractivity contribution >= 4 is 10.2 Å². The van der Waals surface area contributed by atoms with E-state index in [1.165, 1.54) is 4.31 Å². The van der Waals surface area contributed by atoms with Gasteiger partial charge in [-0.2, -0.15) is 17.4 Å². The van der Waals surface area contributed by atoms with Crippen molar-refractivity contribution in [1.29, 1.82) is 0 Å². The van der Waals surface area contributed by atoms with Gasteiger partial charge in [-0.3, -0.25) is 0 Å². The molecule has 1 aromatic rings. The van der Waals surface area contributed by atoms with E-state index in [0.29, 0.717) is 6.54 Å². The summed E-state index contributed by atoms with van der Waals surface area (Å²) in [6.45, 7) is 4.33. The lowest BCUT2D eigenvalue weighted by Crippen LogP contribution is -2.52. The third kappa shape index (κ3) is 2.51. The molecule has 4 nitrogen and oxygen atoms in total. The molecule has 0 radical (unpaired) electrons. The number of nitrogens with one attached hydrogen (secondary N) is 1. The maximum absolute atomic E-state index is 12.0. The van der Waals surface area contributed by atoms with Gasteiger partial charge >= 0.3 is 0 Å². The van der Waals surface area contributed by atoms with Crippen molar-refractivity contribution in [1.82, 2.24) is 9.03 Å². The Kier molecular flexibility index (Phi) is 3.51. The fourth-order valence-corrected chi connectivity index (χ4v) is 3.99. The summed E-state index contributed by atoms with van der Waals surface area (Å²) >= 11 is 0. The Bertz CT molecular complexity index is 473. The van der Waals surface area contributed by atoms with Crippen LogP contribution in [-0.2, 0) is 10.2 Å². The van der Waals surface area contributed by atoms with Crippen molar-refractivity contribution in [2.24, 2.45) is 0 Å². The highest BCUT2D eigenvalue weighted by Gasteiger charge is 2.35. The van der Waals surface area contributed by atoms with Gasteiger partial charge in [0.2, 0.25) is 0 Å². The van der Waals surface area contributed by atoms with Gasteiger partial charge in [0.25, 0.3) is 10.2 Å². The first-order chi connectivity index (χ1) is 8.04. The molecule has 2 atom stereocenters. The quantitative estimate of drug-likeness (QED) is 0.873. The first kappa shape index (κ1) is 12.5. The lowest BCUT2D eigenvalue weighted by atomic mass is 10.0. The molecule has 0 bridgehead atoms. The Morgan fingerprint density at radius 1 is 1.35 bits per heavy atom. The summed E-state index contributed by atoms with van der Waals surface area (Å²) in [7, 11) is -3.34. The van der Waals surface area contributed by atoms with Crippen molar-refractivity contribution in [2.45, 2.75) is 32.4 Å². The molecule has 1 fully saturated rings. The second kappa shape index (κ2) is 4.76. The molecule has 0 amide bonds. The van der Waals surface area contributed by atoms with Gasteiger partial charge in [0, 0.05) is 18.6 Å². The summed E-state index contributed by atoms with van der Waals surface area (Å²) in [6, 6.07) is 9.64. The van der Waals surface area contributed by atoms with Crippen LogP contribution in [0.5, 0.6) is 0 Å². The van der Waals surface area contributed by atoms with Crippen molar-refractivity contribution in [3.05, 3.63) is 35.9 Å². The van der Waals surface area contributed by atoms with E-state index in [9.17, 15) is 8.42 Å². The Morgan fingerprint density at radius 3 is 2.53 bits per heavy atom. The Labute approximate surface area is 103 Å². The molecular formula is C12H18N2O2S. The monoisotopic (exact) mass is 254 g/mol. The van der Waals surface area contributed by atoms with Gasteiger partial charge in [0.15, 0.2) is 0 Å². The molecule has 2 rings (SSSR count). The maximum Gasteiger partial charge on any atom is 0.280 e. The maximum atomic E-state index is 12.0. The van der Waals surface area contributed by atoms with Crippen molar-refractivity contribution in [3.8, 4) is 0 Å². The fraction of sp³-hybridized carbons (Fsp3) is 0.500. The van der Waals surface area contributed by atoms with E-state index < -0.39 is 10.2 Å². The Balaban J connectivity index is 2.26. The molecule has 0 aromatic heterocycles. The normalized spacial score (nSPS) is 29.1. The smallest absolute Gasteiger partial charge is 0.195 e. The molecular weight excluding hydrogens is 236 g/mol. The molecule has 0 unspecified atom stereocenters. The molecule has 0 spiro atoms. The first-order valence-electron chi connectivity index (χ1n) is 5.88. The lowest BCUT2D eigenvalue weighted by Gasteiger charge is -2.36. The van der Waals surface area contributed by atoms with Gasteiger partial charge in [-0.25, -0.2) is 0 Å². The summed E-state index contributed by atoms with van der Waals surface area (Å²) in [6.07, 6.45) is 0.803. The van der Waals surface area contributed by atoms with Gasteiger partial charge in [-0.05, 0) is 18.9 Å². The van der Waals surface area contributed by atoms with E-state index in [4.69, 9.17) is 0 Å². The Morgan fingerprint density at radius 2 is 2.00 bits per heavy atom. The minimum atomic E-state index is -3.34. The fourth-order valence-electron chi connectivity index (χ4n) is 2.36. The molecule has 1 N–H and O–H groups in total. The number of hydrogen-bond acceptors (Lipinski definition) is 2. The highest BCUT2D eigenvalue weighted by molar-refractivity contribution is 7.87. The summed E-state index contributed by atoms with van der Waals surface area (Å²) in [4.78, 5) is 0. The molecule has 1 saturated heterocycles. The van der Waals surface area contributed by atoms with E-state index in [1.54, 1.807) is 0 Å². The third-order valence-electron chi connectivity index (χ3n) is 3.18. The minimum Gasteiger partial charge on any atom is -0.195 e. The van der Waals surface area contributed by atoms with Crippen molar-refractivity contribution < 1.29 is 8.42 Å². The summed E-state index contributed by atoms with van der Waals surface area (Å²) in [5.74, 6) is 0. The largest absolute Gasteiger partial charge is 0.280 e. The molecule has 5 heteroatoms. The molecule has 94 valence electrons. The van der Waals surface area contributed by atoms with Crippen LogP contribution < -0.4 is 4.72 Å². The van der Waals surface area contributed by atoms with Crippen molar-refractivity contribution in [2.75, 3.05) is 6.54 Å². The topological polar surface area (TPSA) is 49.4 Å². The number of rotatable bonds is 2. The van der Waals surface area contributed by atoms with Crippen LogP contribution in [0.25, 0.3) is 0 Å². The zero-order valence-electron chi connectivity index (χ0n) is 10.1. The predicted octanol–water partition coefficient (Wildman–Crippen LogP) is 1.68. The second-order valence-electron chi connectivity index (χ2n) is 4.37. The van der Waals surface area contributed by atoms with Gasteiger partial charge in [-0.15, -0.1) is 0 Å². The van der Waals surface area contributed by atoms with Crippen LogP contribution in [0.15, 0.2) is 30.3 Å². The van der Waals surface area contributed by atoms with Crippen LogP contribution in [-0.4, -0.2) is 25.3 Å². The zero-order chi connectivity index (χ0) is 12.5. The minimum absolute atomic E-state index is 0.0384. The number of nitrogens with zero attached hydrogens (tertiary/aromatic N) is 1. The van der Waals surface area contributed by atoms with Crippen LogP contribution in [0.2, 0.25) is 0 Å². The van der Waals surface area contributed by atoms with Gasteiger partial charge < -0.3 is 0 Å². The average Bonchev–Trinajstić information content (AvgIpc) is 2.28. The zero-order valence-corrected chi connectivity index (χ0v) is 10.9. The standard InChI is InChI=1S/C12H18N2O2S/c1-3-14-10(2)9-12(13-17(14,15)16)11-7-5-4-6-8-11/h4-8,10,12-13H,3,9H2,1-2H3/t10-,12+/m0/s1. The van der Waals surface area contributed by atoms with Gasteiger partial charge in [-0.1, -0.05) is 37.3 Å². The van der Waals surface area contributed by atoms with Gasteiger partial charge in [0.1, 0.15) is 0 Å². The van der Waals surface area contributed by atoms with Crippen molar-refractivity contribution in [3.63, 3.8) is 0 Å². The Hall–Kier alpha value is -0.910. The van der Waals surface area contributed by atoms with E-state index in [1.807, 2.05) is 44.2 Å². The second-order valence-corrected chi connectivity index (χ2v) is 6.03. The van der Waals surface area contributed by atoms with Crippen LogP contribution in [0.3, 0.4) is 0 Å². The van der Waals surface area contributed by atoms with E-state index in [-0.39, 0.29) is 12.1 Å². The SMILES string of the molecule is CCN1[C@@H](C)C[C@H](c2ccccc2)NS1(=O)=O. The van der Waals surface area contributed by atoms with E-state index in [0.717, 1.165) is 12.0 Å². The van der Waals surface area contributed by atoms with E-state index in [2.05, 4.69) is 4.72 Å². The molecule has 1 aromatic carbocycles. The molecule has 0 aliphatic carbocycles. The molecule has 0 saturated carbocycles. The van der Waals surface area contributed by atoms with Crippen LogP contribution in [0, 0.1) is 0 Å². The number of hydrogen-bond donors (Lipinski definition) is 1. The van der Waals surface area contributed by atoms with Gasteiger partial charge in [0.05, 0.1) is 0 Å². The molecule has 1 aliphatic rings. The van der Waals surface area contributed by atoms with E-state index >= 15 is 0 Å². The van der Waals surface area contributed by atoms with Crippen LogP contribution in [0.4, 0.5) is 0 Å². The molecule has 1 heterocycles. The summed E-state index contributed by atoms with van der Waals surface area (Å²) in [5.41, 5.74) is 1.03.